The summed E-state index contributed by atoms with van der Waals surface area (Å²) in [6.45, 7) is 3.03. The van der Waals surface area contributed by atoms with Crippen molar-refractivity contribution in [2.24, 2.45) is 0 Å². The lowest BCUT2D eigenvalue weighted by atomic mass is 10.2. The van der Waals surface area contributed by atoms with Gasteiger partial charge in [-0.05, 0) is 6.92 Å². The number of hydrogen-bond acceptors (Lipinski definition) is 6. The Labute approximate surface area is 114 Å². The van der Waals surface area contributed by atoms with E-state index >= 15 is 0 Å². The molecule has 0 radical (unpaired) electrons. The fourth-order valence-electron chi connectivity index (χ4n) is 1.94. The second kappa shape index (κ2) is 5.34. The monoisotopic (exact) mass is 278 g/mol. The average Bonchev–Trinajstić information content (AvgIpc) is 2.90. The van der Waals surface area contributed by atoms with Gasteiger partial charge in [-0.2, -0.15) is 11.8 Å². The SMILES string of the molecule is Cc1nccnc1-c1csc(C2CSCCN2)n1. The minimum absolute atomic E-state index is 0.388. The van der Waals surface area contributed by atoms with Crippen molar-refractivity contribution in [3.63, 3.8) is 0 Å². The number of aromatic nitrogens is 3. The number of aryl methyl sites for hydroxylation is 1. The molecule has 2 aromatic rings. The first-order chi connectivity index (χ1) is 8.84. The van der Waals surface area contributed by atoms with E-state index in [9.17, 15) is 0 Å². The highest BCUT2D eigenvalue weighted by Gasteiger charge is 2.19. The van der Waals surface area contributed by atoms with Crippen LogP contribution in [0.15, 0.2) is 17.8 Å². The Bertz CT molecular complexity index is 534. The van der Waals surface area contributed by atoms with Crippen LogP contribution >= 0.6 is 23.1 Å². The third-order valence-corrected chi connectivity index (χ3v) is 4.89. The third kappa shape index (κ3) is 2.41. The number of nitrogens with one attached hydrogen (secondary N) is 1. The molecule has 2 aromatic heterocycles. The second-order valence-electron chi connectivity index (χ2n) is 4.14. The van der Waals surface area contributed by atoms with E-state index in [0.717, 1.165) is 34.4 Å². The summed E-state index contributed by atoms with van der Waals surface area (Å²) < 4.78 is 0. The Balaban J connectivity index is 1.87. The van der Waals surface area contributed by atoms with Gasteiger partial charge in [0.1, 0.15) is 16.4 Å². The average molecular weight is 278 g/mol. The Hall–Kier alpha value is -0.980. The highest BCUT2D eigenvalue weighted by atomic mass is 32.2. The summed E-state index contributed by atoms with van der Waals surface area (Å²) in [5.41, 5.74) is 2.77. The maximum atomic E-state index is 4.71. The summed E-state index contributed by atoms with van der Waals surface area (Å²) in [6.07, 6.45) is 3.43. The van der Waals surface area contributed by atoms with E-state index in [1.54, 1.807) is 23.7 Å². The molecule has 4 nitrogen and oxygen atoms in total. The highest BCUT2D eigenvalue weighted by molar-refractivity contribution is 7.99. The predicted molar refractivity (Wildman–Crippen MR) is 75.9 cm³/mol. The quantitative estimate of drug-likeness (QED) is 0.913. The molecule has 0 amide bonds. The molecule has 3 rings (SSSR count). The molecule has 1 atom stereocenters. The van der Waals surface area contributed by atoms with Crippen LogP contribution in [0.25, 0.3) is 11.4 Å². The molecule has 0 spiro atoms. The predicted octanol–water partition coefficient (Wildman–Crippen LogP) is 2.29. The van der Waals surface area contributed by atoms with Gasteiger partial charge in [-0.15, -0.1) is 11.3 Å². The summed E-state index contributed by atoms with van der Waals surface area (Å²) in [5.74, 6) is 2.30. The molecule has 94 valence electrons. The summed E-state index contributed by atoms with van der Waals surface area (Å²) >= 11 is 3.69. The van der Waals surface area contributed by atoms with E-state index in [-0.39, 0.29) is 0 Å². The van der Waals surface area contributed by atoms with Crippen LogP contribution in [0.2, 0.25) is 0 Å². The van der Waals surface area contributed by atoms with Gasteiger partial charge in [0.25, 0.3) is 0 Å². The fraction of sp³-hybridized carbons (Fsp3) is 0.417. The topological polar surface area (TPSA) is 50.7 Å². The molecule has 1 fully saturated rings. The van der Waals surface area contributed by atoms with E-state index < -0.39 is 0 Å². The molecule has 1 aliphatic heterocycles. The lowest BCUT2D eigenvalue weighted by molar-refractivity contribution is 0.592. The Kier molecular flexibility index (Phi) is 3.58. The Morgan fingerprint density at radius 2 is 2.22 bits per heavy atom. The van der Waals surface area contributed by atoms with Crippen LogP contribution in [0.1, 0.15) is 16.7 Å². The molecule has 0 saturated carbocycles. The molecule has 1 unspecified atom stereocenters. The second-order valence-corrected chi connectivity index (χ2v) is 6.18. The van der Waals surface area contributed by atoms with Crippen molar-refractivity contribution in [2.45, 2.75) is 13.0 Å². The molecule has 0 aromatic carbocycles. The zero-order valence-corrected chi connectivity index (χ0v) is 11.7. The molecule has 3 heterocycles. The summed E-state index contributed by atoms with van der Waals surface area (Å²) in [4.78, 5) is 13.3. The van der Waals surface area contributed by atoms with Crippen LogP contribution in [0, 0.1) is 6.92 Å². The van der Waals surface area contributed by atoms with E-state index in [0.29, 0.717) is 6.04 Å². The molecule has 0 bridgehead atoms. The van der Waals surface area contributed by atoms with Crippen LogP contribution in [0.3, 0.4) is 0 Å². The zero-order valence-electron chi connectivity index (χ0n) is 10.1. The van der Waals surface area contributed by atoms with Gasteiger partial charge in [-0.1, -0.05) is 0 Å². The number of nitrogens with zero attached hydrogens (tertiary/aromatic N) is 3. The van der Waals surface area contributed by atoms with Gasteiger partial charge in [-0.3, -0.25) is 9.97 Å². The summed E-state index contributed by atoms with van der Waals surface area (Å²) in [6, 6.07) is 0.388. The van der Waals surface area contributed by atoms with E-state index in [4.69, 9.17) is 4.98 Å². The third-order valence-electron chi connectivity index (χ3n) is 2.87. The van der Waals surface area contributed by atoms with Crippen molar-refractivity contribution in [2.75, 3.05) is 18.1 Å². The van der Waals surface area contributed by atoms with Crippen LogP contribution in [-0.2, 0) is 0 Å². The highest BCUT2D eigenvalue weighted by Crippen LogP contribution is 2.28. The van der Waals surface area contributed by atoms with E-state index in [1.165, 1.54) is 5.75 Å². The van der Waals surface area contributed by atoms with Crippen molar-refractivity contribution in [3.8, 4) is 11.4 Å². The van der Waals surface area contributed by atoms with Crippen molar-refractivity contribution in [1.29, 1.82) is 0 Å². The molecule has 18 heavy (non-hydrogen) atoms. The minimum atomic E-state index is 0.388. The van der Waals surface area contributed by atoms with Gasteiger partial charge in [0.2, 0.25) is 0 Å². The van der Waals surface area contributed by atoms with Crippen molar-refractivity contribution < 1.29 is 0 Å². The Morgan fingerprint density at radius 1 is 1.33 bits per heavy atom. The fourth-order valence-corrected chi connectivity index (χ4v) is 3.86. The maximum absolute atomic E-state index is 4.71. The Morgan fingerprint density at radius 3 is 3.00 bits per heavy atom. The first-order valence-corrected chi connectivity index (χ1v) is 7.92. The molecular weight excluding hydrogens is 264 g/mol. The number of hydrogen-bond donors (Lipinski definition) is 1. The normalized spacial score (nSPS) is 19.9. The van der Waals surface area contributed by atoms with Crippen LogP contribution in [-0.4, -0.2) is 33.0 Å². The zero-order chi connectivity index (χ0) is 12.4. The molecular formula is C12H14N4S2. The largest absolute Gasteiger partial charge is 0.306 e. The van der Waals surface area contributed by atoms with Gasteiger partial charge in [0, 0.05) is 35.8 Å². The van der Waals surface area contributed by atoms with E-state index in [1.807, 2.05) is 18.7 Å². The van der Waals surface area contributed by atoms with Crippen LogP contribution in [0.4, 0.5) is 0 Å². The van der Waals surface area contributed by atoms with Crippen molar-refractivity contribution in [3.05, 3.63) is 28.5 Å². The minimum Gasteiger partial charge on any atom is -0.306 e. The molecule has 1 aliphatic rings. The molecule has 0 aliphatic carbocycles. The van der Waals surface area contributed by atoms with Gasteiger partial charge in [-0.25, -0.2) is 4.98 Å². The summed E-state index contributed by atoms with van der Waals surface area (Å²) in [5, 5.41) is 6.74. The van der Waals surface area contributed by atoms with Gasteiger partial charge < -0.3 is 5.32 Å². The lowest BCUT2D eigenvalue weighted by Crippen LogP contribution is -2.30. The van der Waals surface area contributed by atoms with Gasteiger partial charge in [0.05, 0.1) is 11.7 Å². The van der Waals surface area contributed by atoms with Gasteiger partial charge in [0.15, 0.2) is 0 Å². The first kappa shape index (κ1) is 12.1. The smallest absolute Gasteiger partial charge is 0.111 e. The number of thiazole rings is 1. The maximum Gasteiger partial charge on any atom is 0.111 e. The molecule has 1 saturated heterocycles. The lowest BCUT2D eigenvalue weighted by Gasteiger charge is -2.20. The van der Waals surface area contributed by atoms with Crippen LogP contribution in [0.5, 0.6) is 0 Å². The summed E-state index contributed by atoms with van der Waals surface area (Å²) in [7, 11) is 0. The van der Waals surface area contributed by atoms with Crippen LogP contribution < -0.4 is 5.32 Å². The number of thioether (sulfide) groups is 1. The van der Waals surface area contributed by atoms with Crippen molar-refractivity contribution in [1.82, 2.24) is 20.3 Å². The standard InChI is InChI=1S/C12H14N4S2/c1-8-11(15-3-2-13-8)9-7-18-12(16-9)10-6-17-5-4-14-10/h2-3,7,10,14H,4-6H2,1H3. The van der Waals surface area contributed by atoms with Crippen molar-refractivity contribution >= 4 is 23.1 Å². The van der Waals surface area contributed by atoms with E-state index in [2.05, 4.69) is 20.7 Å². The number of rotatable bonds is 2. The van der Waals surface area contributed by atoms with Gasteiger partial charge >= 0.3 is 0 Å². The molecule has 6 heteroatoms. The first-order valence-electron chi connectivity index (χ1n) is 5.89. The molecule has 1 N–H and O–H groups in total.